The summed E-state index contributed by atoms with van der Waals surface area (Å²) in [6.07, 6.45) is 3.51. The van der Waals surface area contributed by atoms with Crippen molar-refractivity contribution in [3.05, 3.63) is 16.8 Å². The highest BCUT2D eigenvalue weighted by Crippen LogP contribution is 2.40. The first-order valence-corrected chi connectivity index (χ1v) is 8.22. The van der Waals surface area contributed by atoms with Gasteiger partial charge in [0.25, 0.3) is 0 Å². The van der Waals surface area contributed by atoms with Gasteiger partial charge in [0, 0.05) is 17.0 Å². The van der Waals surface area contributed by atoms with Crippen LogP contribution in [0.2, 0.25) is 0 Å². The summed E-state index contributed by atoms with van der Waals surface area (Å²) in [5.41, 5.74) is 1.22. The van der Waals surface area contributed by atoms with E-state index in [4.69, 9.17) is 0 Å². The largest absolute Gasteiger partial charge is 0.350 e. The third-order valence-corrected chi connectivity index (χ3v) is 5.23. The normalized spacial score (nSPS) is 17.2. The van der Waals surface area contributed by atoms with Crippen molar-refractivity contribution in [2.24, 2.45) is 0 Å². The van der Waals surface area contributed by atoms with Crippen LogP contribution in [-0.2, 0) is 16.6 Å². The average Bonchev–Trinajstić information content (AvgIpc) is 2.70. The summed E-state index contributed by atoms with van der Waals surface area (Å²) < 4.78 is 37.9. The van der Waals surface area contributed by atoms with Crippen LogP contribution >= 0.6 is 11.3 Å². The molecule has 0 spiro atoms. The molecular formula is C11H13FN2O2S2. The Kier molecular flexibility index (Phi) is 2.71. The number of hydrogen-bond donors (Lipinski definition) is 0. The molecule has 4 nitrogen and oxygen atoms in total. The first kappa shape index (κ1) is 12.1. The highest BCUT2D eigenvalue weighted by molar-refractivity contribution is 7.86. The van der Waals surface area contributed by atoms with Crippen molar-refractivity contribution in [1.82, 2.24) is 9.38 Å². The summed E-state index contributed by atoms with van der Waals surface area (Å²) in [6, 6.07) is 0. The Morgan fingerprint density at radius 2 is 2.28 bits per heavy atom. The van der Waals surface area contributed by atoms with E-state index < -0.39 is 10.2 Å². The summed E-state index contributed by atoms with van der Waals surface area (Å²) in [5, 5.41) is 1.60. The Morgan fingerprint density at radius 1 is 1.56 bits per heavy atom. The molecule has 3 rings (SSSR count). The molecule has 1 aliphatic carbocycles. The number of aromatic nitrogens is 2. The van der Waals surface area contributed by atoms with Gasteiger partial charge in [0.1, 0.15) is 0 Å². The van der Waals surface area contributed by atoms with E-state index in [2.05, 4.69) is 4.98 Å². The van der Waals surface area contributed by atoms with E-state index in [1.54, 1.807) is 0 Å². The molecule has 98 valence electrons. The quantitative estimate of drug-likeness (QED) is 0.816. The second kappa shape index (κ2) is 4.03. The third-order valence-electron chi connectivity index (χ3n) is 3.50. The molecule has 0 saturated heterocycles. The molecule has 7 heteroatoms. The zero-order chi connectivity index (χ0) is 12.9. The summed E-state index contributed by atoms with van der Waals surface area (Å²) in [4.78, 5) is 4.91. The van der Waals surface area contributed by atoms with Crippen LogP contribution < -0.4 is 0 Å². The lowest BCUT2D eigenvalue weighted by Crippen LogP contribution is -2.13. The fourth-order valence-corrected chi connectivity index (χ4v) is 4.25. The summed E-state index contributed by atoms with van der Waals surface area (Å²) in [7, 11) is -4.73. The molecule has 18 heavy (non-hydrogen) atoms. The van der Waals surface area contributed by atoms with Gasteiger partial charge in [-0.3, -0.25) is 4.40 Å². The predicted molar refractivity (Wildman–Crippen MR) is 67.3 cm³/mol. The van der Waals surface area contributed by atoms with E-state index in [1.165, 1.54) is 15.7 Å². The van der Waals surface area contributed by atoms with E-state index in [-0.39, 0.29) is 10.9 Å². The molecule has 0 unspecified atom stereocenters. The van der Waals surface area contributed by atoms with Crippen LogP contribution in [0.5, 0.6) is 0 Å². The minimum Gasteiger partial charge on any atom is -0.275 e. The van der Waals surface area contributed by atoms with Gasteiger partial charge in [-0.05, 0) is 19.3 Å². The molecule has 1 saturated carbocycles. The van der Waals surface area contributed by atoms with E-state index >= 15 is 0 Å². The van der Waals surface area contributed by atoms with Crippen LogP contribution in [0.25, 0.3) is 4.96 Å². The SMILES string of the molecule is CCc1csc2nc(C3CCC3)c(S(=O)(=O)F)n12. The van der Waals surface area contributed by atoms with Gasteiger partial charge in [0.2, 0.25) is 0 Å². The fraction of sp³-hybridized carbons (Fsp3) is 0.545. The van der Waals surface area contributed by atoms with Gasteiger partial charge in [-0.2, -0.15) is 8.42 Å². The van der Waals surface area contributed by atoms with E-state index in [1.807, 2.05) is 12.3 Å². The van der Waals surface area contributed by atoms with Crippen molar-refractivity contribution in [1.29, 1.82) is 0 Å². The van der Waals surface area contributed by atoms with E-state index in [0.717, 1.165) is 25.0 Å². The van der Waals surface area contributed by atoms with Crippen molar-refractivity contribution < 1.29 is 12.3 Å². The summed E-state index contributed by atoms with van der Waals surface area (Å²) in [6.45, 7) is 1.92. The van der Waals surface area contributed by atoms with Gasteiger partial charge in [-0.25, -0.2) is 4.98 Å². The van der Waals surface area contributed by atoms with Crippen molar-refractivity contribution in [2.45, 2.75) is 43.6 Å². The molecule has 1 aliphatic rings. The summed E-state index contributed by atoms with van der Waals surface area (Å²) in [5.74, 6) is 0.0994. The minimum absolute atomic E-state index is 0.0994. The van der Waals surface area contributed by atoms with Crippen molar-refractivity contribution in [3.8, 4) is 0 Å². The monoisotopic (exact) mass is 288 g/mol. The number of imidazole rings is 1. The molecule has 0 amide bonds. The maximum atomic E-state index is 13.6. The molecule has 2 aromatic heterocycles. The lowest BCUT2D eigenvalue weighted by Gasteiger charge is -2.23. The zero-order valence-corrected chi connectivity index (χ0v) is 11.5. The zero-order valence-electron chi connectivity index (χ0n) is 9.89. The highest BCUT2D eigenvalue weighted by atomic mass is 32.3. The molecule has 0 bridgehead atoms. The molecule has 1 fully saturated rings. The molecular weight excluding hydrogens is 275 g/mol. The molecule has 2 heterocycles. The van der Waals surface area contributed by atoms with Gasteiger partial charge in [0.05, 0.1) is 5.69 Å². The van der Waals surface area contributed by atoms with Gasteiger partial charge in [-0.15, -0.1) is 11.3 Å². The number of aryl methyl sites for hydroxylation is 1. The van der Waals surface area contributed by atoms with Crippen LogP contribution in [0.15, 0.2) is 10.4 Å². The van der Waals surface area contributed by atoms with Crippen LogP contribution in [0, 0.1) is 0 Å². The van der Waals surface area contributed by atoms with Crippen LogP contribution in [0.1, 0.15) is 43.5 Å². The maximum absolute atomic E-state index is 13.6. The standard InChI is InChI=1S/C11H13FN2O2S2/c1-2-8-6-17-11-13-9(7-4-3-5-7)10(14(8)11)18(12,15)16/h6-7H,2-5H2,1H3. The van der Waals surface area contributed by atoms with Crippen molar-refractivity contribution >= 4 is 26.5 Å². The number of halogens is 1. The number of thiazole rings is 1. The van der Waals surface area contributed by atoms with E-state index in [0.29, 0.717) is 17.1 Å². The molecule has 0 radical (unpaired) electrons. The Hall–Kier alpha value is -0.950. The maximum Gasteiger partial charge on any atom is 0.350 e. The van der Waals surface area contributed by atoms with Crippen LogP contribution in [0.4, 0.5) is 3.89 Å². The van der Waals surface area contributed by atoms with Crippen molar-refractivity contribution in [3.63, 3.8) is 0 Å². The third kappa shape index (κ3) is 1.68. The Bertz CT molecular complexity index is 698. The van der Waals surface area contributed by atoms with Crippen LogP contribution in [0.3, 0.4) is 0 Å². The topological polar surface area (TPSA) is 51.4 Å². The highest BCUT2D eigenvalue weighted by Gasteiger charge is 2.33. The fourth-order valence-electron chi connectivity index (χ4n) is 2.33. The molecule has 0 aromatic carbocycles. The average molecular weight is 288 g/mol. The summed E-state index contributed by atoms with van der Waals surface area (Å²) >= 11 is 1.36. The molecule has 0 atom stereocenters. The van der Waals surface area contributed by atoms with Gasteiger partial charge < -0.3 is 0 Å². The Balaban J connectivity index is 2.32. The number of fused-ring (bicyclic) bond motifs is 1. The van der Waals surface area contributed by atoms with Crippen molar-refractivity contribution in [2.75, 3.05) is 0 Å². The number of hydrogen-bond acceptors (Lipinski definition) is 4. The lowest BCUT2D eigenvalue weighted by molar-refractivity contribution is 0.403. The van der Waals surface area contributed by atoms with Crippen LogP contribution in [-0.4, -0.2) is 17.8 Å². The van der Waals surface area contributed by atoms with E-state index in [9.17, 15) is 12.3 Å². The molecule has 0 N–H and O–H groups in total. The second-order valence-electron chi connectivity index (χ2n) is 4.57. The Labute approximate surface area is 109 Å². The first-order valence-electron chi connectivity index (χ1n) is 5.95. The first-order chi connectivity index (χ1) is 8.52. The molecule has 2 aromatic rings. The predicted octanol–water partition coefficient (Wildman–Crippen LogP) is 2.88. The smallest absolute Gasteiger partial charge is 0.275 e. The van der Waals surface area contributed by atoms with Gasteiger partial charge in [-0.1, -0.05) is 17.2 Å². The lowest BCUT2D eigenvalue weighted by atomic mass is 9.83. The Morgan fingerprint density at radius 3 is 2.78 bits per heavy atom. The second-order valence-corrected chi connectivity index (χ2v) is 6.67. The number of nitrogens with zero attached hydrogens (tertiary/aromatic N) is 2. The van der Waals surface area contributed by atoms with Gasteiger partial charge in [0.15, 0.2) is 9.99 Å². The number of rotatable bonds is 3. The minimum atomic E-state index is -4.73. The molecule has 0 aliphatic heterocycles. The van der Waals surface area contributed by atoms with Gasteiger partial charge >= 0.3 is 10.2 Å².